The van der Waals surface area contributed by atoms with E-state index in [1.54, 1.807) is 12.3 Å². The number of anilines is 1. The first-order chi connectivity index (χ1) is 7.85. The number of fused-ring (bicyclic) bond motifs is 2. The number of nitriles is 1. The van der Waals surface area contributed by atoms with E-state index in [0.717, 1.165) is 31.7 Å². The average Bonchev–Trinajstić information content (AvgIpc) is 2.68. The van der Waals surface area contributed by atoms with Gasteiger partial charge in [-0.1, -0.05) is 0 Å². The number of ether oxygens (including phenoxy) is 1. The minimum atomic E-state index is 0.353. The van der Waals surface area contributed by atoms with Gasteiger partial charge in [0.15, 0.2) is 0 Å². The summed E-state index contributed by atoms with van der Waals surface area (Å²) in [6, 6.07) is 5.73. The fourth-order valence-corrected chi connectivity index (χ4v) is 2.46. The van der Waals surface area contributed by atoms with Crippen molar-refractivity contribution in [3.63, 3.8) is 0 Å². The molecule has 2 aliphatic heterocycles. The first kappa shape index (κ1) is 9.61. The molecular formula is C12H13N3O. The van der Waals surface area contributed by atoms with Crippen LogP contribution >= 0.6 is 0 Å². The topological polar surface area (TPSA) is 49.2 Å². The van der Waals surface area contributed by atoms with Gasteiger partial charge in [-0.15, -0.1) is 0 Å². The molecule has 2 unspecified atom stereocenters. The van der Waals surface area contributed by atoms with Crippen LogP contribution in [0.15, 0.2) is 18.3 Å². The number of hydrogen-bond acceptors (Lipinski definition) is 4. The van der Waals surface area contributed by atoms with E-state index in [9.17, 15) is 0 Å². The Morgan fingerprint density at radius 2 is 2.12 bits per heavy atom. The largest absolute Gasteiger partial charge is 0.371 e. The molecule has 4 nitrogen and oxygen atoms in total. The molecule has 0 radical (unpaired) electrons. The van der Waals surface area contributed by atoms with Crippen molar-refractivity contribution in [3.05, 3.63) is 23.9 Å². The second-order valence-corrected chi connectivity index (χ2v) is 4.38. The summed E-state index contributed by atoms with van der Waals surface area (Å²) in [4.78, 5) is 6.56. The number of hydrogen-bond donors (Lipinski definition) is 0. The number of aromatic nitrogens is 1. The molecule has 0 aliphatic carbocycles. The molecule has 0 amide bonds. The van der Waals surface area contributed by atoms with Crippen molar-refractivity contribution in [2.75, 3.05) is 18.0 Å². The van der Waals surface area contributed by atoms with Gasteiger partial charge in [-0.05, 0) is 25.0 Å². The summed E-state index contributed by atoms with van der Waals surface area (Å²) in [7, 11) is 0. The lowest BCUT2D eigenvalue weighted by molar-refractivity contribution is 0.0302. The van der Waals surface area contributed by atoms with Gasteiger partial charge in [0.1, 0.15) is 5.82 Å². The van der Waals surface area contributed by atoms with Gasteiger partial charge in [0.2, 0.25) is 0 Å². The minimum Gasteiger partial charge on any atom is -0.371 e. The molecule has 2 aliphatic rings. The monoisotopic (exact) mass is 215 g/mol. The van der Waals surface area contributed by atoms with Crippen LogP contribution in [0.3, 0.4) is 0 Å². The third kappa shape index (κ3) is 1.63. The first-order valence-electron chi connectivity index (χ1n) is 5.62. The zero-order valence-corrected chi connectivity index (χ0v) is 8.97. The second-order valence-electron chi connectivity index (χ2n) is 4.38. The third-order valence-electron chi connectivity index (χ3n) is 3.24. The Morgan fingerprint density at radius 1 is 1.38 bits per heavy atom. The summed E-state index contributed by atoms with van der Waals surface area (Å²) in [5, 5.41) is 8.86. The number of pyridine rings is 1. The van der Waals surface area contributed by atoms with Gasteiger partial charge in [0.05, 0.1) is 23.8 Å². The Morgan fingerprint density at radius 3 is 2.81 bits per heavy atom. The Kier molecular flexibility index (Phi) is 2.26. The van der Waals surface area contributed by atoms with E-state index in [1.165, 1.54) is 0 Å². The van der Waals surface area contributed by atoms with Crippen molar-refractivity contribution in [2.45, 2.75) is 25.0 Å². The fraction of sp³-hybridized carbons (Fsp3) is 0.500. The SMILES string of the molecule is N#Cc1ccnc(N2CC3CCC(C2)O3)c1. The van der Waals surface area contributed by atoms with Crippen molar-refractivity contribution in [1.29, 1.82) is 5.26 Å². The van der Waals surface area contributed by atoms with Crippen molar-refractivity contribution < 1.29 is 4.74 Å². The standard InChI is InChI=1S/C12H13N3O/c13-6-9-3-4-14-12(5-9)15-7-10-1-2-11(8-15)16-10/h3-5,10-11H,1-2,7-8H2. The maximum atomic E-state index is 8.86. The van der Waals surface area contributed by atoms with E-state index in [2.05, 4.69) is 16.0 Å². The summed E-state index contributed by atoms with van der Waals surface area (Å²) < 4.78 is 5.77. The van der Waals surface area contributed by atoms with E-state index in [4.69, 9.17) is 10.00 Å². The van der Waals surface area contributed by atoms with E-state index < -0.39 is 0 Å². The van der Waals surface area contributed by atoms with Gasteiger partial charge in [0.25, 0.3) is 0 Å². The van der Waals surface area contributed by atoms with Crippen molar-refractivity contribution >= 4 is 5.82 Å². The molecule has 0 aromatic carbocycles. The maximum absolute atomic E-state index is 8.86. The molecule has 2 fully saturated rings. The quantitative estimate of drug-likeness (QED) is 0.709. The summed E-state index contributed by atoms with van der Waals surface area (Å²) in [6.45, 7) is 1.80. The lowest BCUT2D eigenvalue weighted by atomic mass is 10.2. The van der Waals surface area contributed by atoms with E-state index in [1.807, 2.05) is 6.07 Å². The Balaban J connectivity index is 1.84. The Labute approximate surface area is 94.5 Å². The maximum Gasteiger partial charge on any atom is 0.129 e. The summed E-state index contributed by atoms with van der Waals surface area (Å²) >= 11 is 0. The molecule has 2 bridgehead atoms. The highest BCUT2D eigenvalue weighted by Gasteiger charge is 2.34. The fourth-order valence-electron chi connectivity index (χ4n) is 2.46. The summed E-state index contributed by atoms with van der Waals surface area (Å²) in [5.41, 5.74) is 0.670. The van der Waals surface area contributed by atoms with E-state index in [0.29, 0.717) is 17.8 Å². The Hall–Kier alpha value is -1.60. The van der Waals surface area contributed by atoms with Crippen molar-refractivity contribution in [2.24, 2.45) is 0 Å². The number of morpholine rings is 1. The smallest absolute Gasteiger partial charge is 0.129 e. The molecule has 1 aromatic heterocycles. The minimum absolute atomic E-state index is 0.353. The molecule has 82 valence electrons. The summed E-state index contributed by atoms with van der Waals surface area (Å²) in [6.07, 6.45) is 4.71. The molecule has 2 atom stereocenters. The lowest BCUT2D eigenvalue weighted by Gasteiger charge is -2.32. The van der Waals surface area contributed by atoms with Crippen LogP contribution in [0.4, 0.5) is 5.82 Å². The van der Waals surface area contributed by atoms with Crippen LogP contribution in [-0.4, -0.2) is 30.3 Å². The predicted octanol–water partition coefficient (Wildman–Crippen LogP) is 1.32. The molecule has 4 heteroatoms. The molecule has 16 heavy (non-hydrogen) atoms. The highest BCUT2D eigenvalue weighted by Crippen LogP contribution is 2.28. The molecule has 0 saturated carbocycles. The van der Waals surface area contributed by atoms with Gasteiger partial charge in [-0.3, -0.25) is 0 Å². The molecule has 3 heterocycles. The van der Waals surface area contributed by atoms with Gasteiger partial charge in [-0.25, -0.2) is 4.98 Å². The van der Waals surface area contributed by atoms with E-state index in [-0.39, 0.29) is 0 Å². The van der Waals surface area contributed by atoms with Crippen LogP contribution in [0.5, 0.6) is 0 Å². The first-order valence-corrected chi connectivity index (χ1v) is 5.62. The van der Waals surface area contributed by atoms with Crippen LogP contribution in [0, 0.1) is 11.3 Å². The molecule has 0 N–H and O–H groups in total. The second kappa shape index (κ2) is 3.76. The highest BCUT2D eigenvalue weighted by atomic mass is 16.5. The van der Waals surface area contributed by atoms with Gasteiger partial charge >= 0.3 is 0 Å². The van der Waals surface area contributed by atoms with Gasteiger partial charge in [0, 0.05) is 19.3 Å². The van der Waals surface area contributed by atoms with E-state index >= 15 is 0 Å². The van der Waals surface area contributed by atoms with Gasteiger partial charge in [-0.2, -0.15) is 5.26 Å². The Bertz CT molecular complexity index is 428. The molecular weight excluding hydrogens is 202 g/mol. The highest BCUT2D eigenvalue weighted by molar-refractivity contribution is 5.45. The van der Waals surface area contributed by atoms with Crippen molar-refractivity contribution in [1.82, 2.24) is 4.98 Å². The van der Waals surface area contributed by atoms with Crippen LogP contribution in [0.25, 0.3) is 0 Å². The molecule has 0 spiro atoms. The van der Waals surface area contributed by atoms with Crippen LogP contribution in [-0.2, 0) is 4.74 Å². The lowest BCUT2D eigenvalue weighted by Crippen LogP contribution is -2.43. The van der Waals surface area contributed by atoms with Crippen LogP contribution in [0.1, 0.15) is 18.4 Å². The van der Waals surface area contributed by atoms with Crippen LogP contribution < -0.4 is 4.90 Å². The predicted molar refractivity (Wildman–Crippen MR) is 59.1 cm³/mol. The molecule has 1 aromatic rings. The normalized spacial score (nSPS) is 27.8. The summed E-state index contributed by atoms with van der Waals surface area (Å²) in [5.74, 6) is 0.902. The van der Waals surface area contributed by atoms with Crippen molar-refractivity contribution in [3.8, 4) is 6.07 Å². The zero-order chi connectivity index (χ0) is 11.0. The number of nitrogens with zero attached hydrogens (tertiary/aromatic N) is 3. The molecule has 2 saturated heterocycles. The average molecular weight is 215 g/mol. The molecule has 3 rings (SSSR count). The zero-order valence-electron chi connectivity index (χ0n) is 8.97. The van der Waals surface area contributed by atoms with Crippen LogP contribution in [0.2, 0.25) is 0 Å². The van der Waals surface area contributed by atoms with Gasteiger partial charge < -0.3 is 9.64 Å². The third-order valence-corrected chi connectivity index (χ3v) is 3.24. The number of rotatable bonds is 1.